The summed E-state index contributed by atoms with van der Waals surface area (Å²) in [5.74, 6) is 0.789. The van der Waals surface area contributed by atoms with Crippen molar-refractivity contribution < 1.29 is 19.1 Å². The molecule has 5 nitrogen and oxygen atoms in total. The van der Waals surface area contributed by atoms with Crippen LogP contribution in [0.15, 0.2) is 30.3 Å². The smallest absolute Gasteiger partial charge is 0.231 e. The number of hydrogen-bond donors (Lipinski definition) is 1. The van der Waals surface area contributed by atoms with E-state index in [1.807, 2.05) is 19.9 Å². The number of anilines is 1. The molecule has 0 spiro atoms. The molecule has 2 aromatic carbocycles. The van der Waals surface area contributed by atoms with E-state index in [0.29, 0.717) is 35.6 Å². The van der Waals surface area contributed by atoms with E-state index >= 15 is 0 Å². The lowest BCUT2D eigenvalue weighted by Gasteiger charge is -2.11. The minimum Gasteiger partial charge on any atom is -0.454 e. The predicted molar refractivity (Wildman–Crippen MR) is 95.4 cm³/mol. The number of ether oxygens (including phenoxy) is 2. The molecular formula is C20H21NO4. The summed E-state index contributed by atoms with van der Waals surface area (Å²) in [6.07, 6.45) is 0.994. The second-order valence-electron chi connectivity index (χ2n) is 6.29. The first kappa shape index (κ1) is 17.0. The summed E-state index contributed by atoms with van der Waals surface area (Å²) >= 11 is 0. The summed E-state index contributed by atoms with van der Waals surface area (Å²) in [4.78, 5) is 24.2. The highest BCUT2D eigenvalue weighted by Gasteiger charge is 2.20. The van der Waals surface area contributed by atoms with Crippen molar-refractivity contribution in [3.8, 4) is 11.5 Å². The van der Waals surface area contributed by atoms with Crippen molar-refractivity contribution in [2.24, 2.45) is 0 Å². The molecule has 0 saturated carbocycles. The molecule has 1 aliphatic rings. The number of carbonyl (C=O) groups excluding carboxylic acids is 2. The average molecular weight is 339 g/mol. The summed E-state index contributed by atoms with van der Waals surface area (Å²) in [6, 6.07) is 9.48. The zero-order valence-corrected chi connectivity index (χ0v) is 14.6. The van der Waals surface area contributed by atoms with Crippen LogP contribution in [0.3, 0.4) is 0 Å². The van der Waals surface area contributed by atoms with Gasteiger partial charge in [0.25, 0.3) is 0 Å². The molecule has 0 fully saturated rings. The van der Waals surface area contributed by atoms with Crippen LogP contribution in [-0.2, 0) is 11.2 Å². The molecule has 1 N–H and O–H groups in total. The highest BCUT2D eigenvalue weighted by Crippen LogP contribution is 2.37. The quantitative estimate of drug-likeness (QED) is 0.842. The molecule has 1 aliphatic heterocycles. The van der Waals surface area contributed by atoms with Crippen molar-refractivity contribution in [2.75, 3.05) is 12.1 Å². The number of hydrogen-bond acceptors (Lipinski definition) is 4. The number of benzene rings is 2. The SMILES string of the molecule is CC(=O)c1cc2c(cc1NC(=O)CCc1ccc(C)cc1C)OCO2. The fourth-order valence-electron chi connectivity index (χ4n) is 2.92. The molecule has 130 valence electrons. The monoisotopic (exact) mass is 339 g/mol. The van der Waals surface area contributed by atoms with Gasteiger partial charge in [0.1, 0.15) is 0 Å². The Morgan fingerprint density at radius 1 is 1.08 bits per heavy atom. The van der Waals surface area contributed by atoms with E-state index in [4.69, 9.17) is 9.47 Å². The maximum atomic E-state index is 12.3. The second kappa shape index (κ2) is 6.97. The van der Waals surface area contributed by atoms with E-state index in [1.165, 1.54) is 18.1 Å². The molecular weight excluding hydrogens is 318 g/mol. The van der Waals surface area contributed by atoms with Gasteiger partial charge in [0.05, 0.1) is 5.69 Å². The lowest BCUT2D eigenvalue weighted by molar-refractivity contribution is -0.116. The van der Waals surface area contributed by atoms with Crippen LogP contribution >= 0.6 is 0 Å². The highest BCUT2D eigenvalue weighted by molar-refractivity contribution is 6.04. The largest absolute Gasteiger partial charge is 0.454 e. The number of ketones is 1. The van der Waals surface area contributed by atoms with Gasteiger partial charge in [-0.1, -0.05) is 23.8 Å². The molecule has 0 aliphatic carbocycles. The van der Waals surface area contributed by atoms with E-state index < -0.39 is 0 Å². The number of rotatable bonds is 5. The summed E-state index contributed by atoms with van der Waals surface area (Å²) in [5, 5.41) is 2.83. The van der Waals surface area contributed by atoms with Gasteiger partial charge >= 0.3 is 0 Å². The van der Waals surface area contributed by atoms with E-state index in [9.17, 15) is 9.59 Å². The van der Waals surface area contributed by atoms with Crippen molar-refractivity contribution in [1.29, 1.82) is 0 Å². The van der Waals surface area contributed by atoms with Crippen molar-refractivity contribution in [3.63, 3.8) is 0 Å². The Morgan fingerprint density at radius 3 is 2.48 bits per heavy atom. The van der Waals surface area contributed by atoms with Gasteiger partial charge in [-0.15, -0.1) is 0 Å². The van der Waals surface area contributed by atoms with Gasteiger partial charge in [0, 0.05) is 18.1 Å². The third-order valence-electron chi connectivity index (χ3n) is 4.29. The lowest BCUT2D eigenvalue weighted by Crippen LogP contribution is -2.15. The van der Waals surface area contributed by atoms with Crippen LogP contribution in [0, 0.1) is 13.8 Å². The maximum Gasteiger partial charge on any atom is 0.231 e. The Bertz CT molecular complexity index is 842. The molecule has 1 amide bonds. The predicted octanol–water partition coefficient (Wildman–Crippen LogP) is 3.81. The number of fused-ring (bicyclic) bond motifs is 1. The summed E-state index contributed by atoms with van der Waals surface area (Å²) < 4.78 is 10.6. The number of aryl methyl sites for hydroxylation is 3. The molecule has 1 heterocycles. The molecule has 2 aromatic rings. The summed E-state index contributed by atoms with van der Waals surface area (Å²) in [7, 11) is 0. The molecule has 0 aromatic heterocycles. The van der Waals surface area contributed by atoms with Crippen LogP contribution in [0.4, 0.5) is 5.69 Å². The number of nitrogens with one attached hydrogen (secondary N) is 1. The molecule has 5 heteroatoms. The topological polar surface area (TPSA) is 64.6 Å². The number of amides is 1. The van der Waals surface area contributed by atoms with Crippen molar-refractivity contribution >= 4 is 17.4 Å². The van der Waals surface area contributed by atoms with Crippen LogP contribution in [0.1, 0.15) is 40.4 Å². The third-order valence-corrected chi connectivity index (χ3v) is 4.29. The lowest BCUT2D eigenvalue weighted by atomic mass is 10.0. The molecule has 0 unspecified atom stereocenters. The zero-order valence-electron chi connectivity index (χ0n) is 14.6. The average Bonchev–Trinajstić information content (AvgIpc) is 3.00. The maximum absolute atomic E-state index is 12.3. The normalized spacial score (nSPS) is 12.1. The van der Waals surface area contributed by atoms with Gasteiger partial charge in [-0.05, 0) is 44.4 Å². The van der Waals surface area contributed by atoms with Crippen molar-refractivity contribution in [1.82, 2.24) is 0 Å². The molecule has 3 rings (SSSR count). The standard InChI is InChI=1S/C20H21NO4/c1-12-4-5-15(13(2)8-12)6-7-20(23)21-17-10-19-18(24-11-25-19)9-16(17)14(3)22/h4-5,8-10H,6-7,11H2,1-3H3,(H,21,23). The summed E-state index contributed by atoms with van der Waals surface area (Å²) in [5.41, 5.74) is 4.42. The number of carbonyl (C=O) groups is 2. The van der Waals surface area contributed by atoms with Crippen LogP contribution in [0.25, 0.3) is 0 Å². The Labute approximate surface area is 147 Å². The van der Waals surface area contributed by atoms with Crippen molar-refractivity contribution in [3.05, 3.63) is 52.6 Å². The fourth-order valence-corrected chi connectivity index (χ4v) is 2.92. The van der Waals surface area contributed by atoms with Crippen LogP contribution in [0.5, 0.6) is 11.5 Å². The molecule has 0 atom stereocenters. The number of Topliss-reactive ketones (excluding diaryl/α,β-unsaturated/α-hetero) is 1. The van der Waals surface area contributed by atoms with Gasteiger partial charge in [-0.3, -0.25) is 9.59 Å². The first-order chi connectivity index (χ1) is 11.9. The molecule has 0 saturated heterocycles. The van der Waals surface area contributed by atoms with Gasteiger partial charge < -0.3 is 14.8 Å². The Balaban J connectivity index is 1.71. The molecule has 0 radical (unpaired) electrons. The first-order valence-corrected chi connectivity index (χ1v) is 8.24. The molecule has 25 heavy (non-hydrogen) atoms. The van der Waals surface area contributed by atoms with Crippen LogP contribution < -0.4 is 14.8 Å². The highest BCUT2D eigenvalue weighted by atomic mass is 16.7. The van der Waals surface area contributed by atoms with E-state index in [0.717, 1.165) is 5.56 Å². The van der Waals surface area contributed by atoms with Crippen LogP contribution in [-0.4, -0.2) is 18.5 Å². The third kappa shape index (κ3) is 3.82. The first-order valence-electron chi connectivity index (χ1n) is 8.24. The Kier molecular flexibility index (Phi) is 4.74. The van der Waals surface area contributed by atoms with E-state index in [1.54, 1.807) is 12.1 Å². The minimum absolute atomic E-state index is 0.122. The second-order valence-corrected chi connectivity index (χ2v) is 6.29. The Morgan fingerprint density at radius 2 is 1.80 bits per heavy atom. The van der Waals surface area contributed by atoms with Gasteiger partial charge in [0.15, 0.2) is 17.3 Å². The Hall–Kier alpha value is -2.82. The van der Waals surface area contributed by atoms with E-state index in [-0.39, 0.29) is 18.5 Å². The van der Waals surface area contributed by atoms with Crippen molar-refractivity contribution in [2.45, 2.75) is 33.6 Å². The molecule has 0 bridgehead atoms. The van der Waals surface area contributed by atoms with E-state index in [2.05, 4.69) is 17.4 Å². The summed E-state index contributed by atoms with van der Waals surface area (Å²) in [6.45, 7) is 5.68. The minimum atomic E-state index is -0.138. The van der Waals surface area contributed by atoms with Gasteiger partial charge in [0.2, 0.25) is 12.7 Å². The fraction of sp³-hybridized carbons (Fsp3) is 0.300. The zero-order chi connectivity index (χ0) is 18.0. The van der Waals surface area contributed by atoms with Crippen LogP contribution in [0.2, 0.25) is 0 Å². The van der Waals surface area contributed by atoms with Gasteiger partial charge in [-0.2, -0.15) is 0 Å². The van der Waals surface area contributed by atoms with Gasteiger partial charge in [-0.25, -0.2) is 0 Å².